The van der Waals surface area contributed by atoms with E-state index in [1.54, 1.807) is 11.4 Å². The monoisotopic (exact) mass is 306 g/mol. The zero-order valence-corrected chi connectivity index (χ0v) is 9.89. The van der Waals surface area contributed by atoms with Gasteiger partial charge in [0, 0.05) is 5.33 Å². The van der Waals surface area contributed by atoms with Gasteiger partial charge in [-0.1, -0.05) is 22.0 Å². The number of anilines is 1. The fraction of sp³-hybridized carbons (Fsp3) is 0.200. The van der Waals surface area contributed by atoms with Crippen LogP contribution < -0.4 is 5.32 Å². The van der Waals surface area contributed by atoms with Crippen LogP contribution in [0.3, 0.4) is 0 Å². The molecular weight excluding hydrogens is 301 g/mol. The molecule has 0 saturated carbocycles. The maximum absolute atomic E-state index is 12.0. The molecule has 0 aromatic heterocycles. The lowest BCUT2D eigenvalue weighted by Gasteiger charge is -2.09. The van der Waals surface area contributed by atoms with Crippen molar-refractivity contribution < 1.29 is 18.0 Å². The van der Waals surface area contributed by atoms with Crippen molar-refractivity contribution in [2.24, 2.45) is 0 Å². The number of nitrogens with one attached hydrogen (secondary N) is 1. The van der Waals surface area contributed by atoms with Gasteiger partial charge in [-0.05, 0) is 17.7 Å². The number of amides is 1. The Morgan fingerprint density at radius 3 is 2.59 bits per heavy atom. The van der Waals surface area contributed by atoms with Crippen LogP contribution in [-0.2, 0) is 10.1 Å². The van der Waals surface area contributed by atoms with Gasteiger partial charge in [-0.2, -0.15) is 18.4 Å². The van der Waals surface area contributed by atoms with E-state index in [0.29, 0.717) is 5.33 Å². The molecule has 0 aliphatic rings. The normalized spacial score (nSPS) is 10.8. The number of nitrogens with zero attached hydrogens (tertiary/aromatic N) is 1. The minimum absolute atomic E-state index is 0.0143. The van der Waals surface area contributed by atoms with Crippen LogP contribution in [0.4, 0.5) is 18.9 Å². The van der Waals surface area contributed by atoms with E-state index in [1.807, 2.05) is 0 Å². The Kier molecular flexibility index (Phi) is 4.12. The highest BCUT2D eigenvalue weighted by molar-refractivity contribution is 9.08. The van der Waals surface area contributed by atoms with Crippen LogP contribution in [0.15, 0.2) is 18.2 Å². The fourth-order valence-electron chi connectivity index (χ4n) is 1.07. The Hall–Kier alpha value is -1.55. The summed E-state index contributed by atoms with van der Waals surface area (Å²) < 4.78 is 36.0. The first-order valence-corrected chi connectivity index (χ1v) is 5.47. The highest BCUT2D eigenvalue weighted by atomic mass is 79.9. The molecule has 3 nitrogen and oxygen atoms in total. The van der Waals surface area contributed by atoms with Crippen molar-refractivity contribution in [2.75, 3.05) is 5.32 Å². The van der Waals surface area contributed by atoms with E-state index in [0.717, 1.165) is 5.56 Å². The van der Waals surface area contributed by atoms with Gasteiger partial charge < -0.3 is 5.32 Å². The standard InChI is InChI=1S/C10H6BrF3N2O/c11-4-6-1-2-8(7(3-6)5-15)16-9(17)10(12,13)14/h1-3H,4H2,(H,16,17). The fourth-order valence-corrected chi connectivity index (χ4v) is 1.42. The minimum atomic E-state index is -4.97. The van der Waals surface area contributed by atoms with Gasteiger partial charge in [-0.3, -0.25) is 4.79 Å². The van der Waals surface area contributed by atoms with Crippen molar-refractivity contribution in [3.05, 3.63) is 29.3 Å². The van der Waals surface area contributed by atoms with Gasteiger partial charge in [0.1, 0.15) is 6.07 Å². The molecule has 7 heteroatoms. The van der Waals surface area contributed by atoms with Gasteiger partial charge >= 0.3 is 12.1 Å². The van der Waals surface area contributed by atoms with Gasteiger partial charge in [0.25, 0.3) is 0 Å². The number of nitriles is 1. The largest absolute Gasteiger partial charge is 0.471 e. The van der Waals surface area contributed by atoms with Crippen LogP contribution in [0.25, 0.3) is 0 Å². The average Bonchev–Trinajstić information content (AvgIpc) is 2.28. The quantitative estimate of drug-likeness (QED) is 0.854. The zero-order chi connectivity index (χ0) is 13.1. The van der Waals surface area contributed by atoms with E-state index in [1.165, 1.54) is 18.2 Å². The number of hydrogen-bond acceptors (Lipinski definition) is 2. The van der Waals surface area contributed by atoms with Crippen LogP contribution in [0, 0.1) is 11.3 Å². The predicted octanol–water partition coefficient (Wildman–Crippen LogP) is 2.95. The summed E-state index contributed by atoms with van der Waals surface area (Å²) in [4.78, 5) is 10.7. The lowest BCUT2D eigenvalue weighted by atomic mass is 10.1. The second-order valence-electron chi connectivity index (χ2n) is 3.08. The predicted molar refractivity (Wildman–Crippen MR) is 58.5 cm³/mol. The molecule has 90 valence electrons. The van der Waals surface area contributed by atoms with Crippen molar-refractivity contribution in [3.63, 3.8) is 0 Å². The first kappa shape index (κ1) is 13.5. The molecule has 17 heavy (non-hydrogen) atoms. The third-order valence-electron chi connectivity index (χ3n) is 1.86. The first-order chi connectivity index (χ1) is 7.88. The molecule has 1 aromatic carbocycles. The molecular formula is C10H6BrF3N2O. The summed E-state index contributed by atoms with van der Waals surface area (Å²) in [6.07, 6.45) is -4.97. The summed E-state index contributed by atoms with van der Waals surface area (Å²) in [6, 6.07) is 5.91. The van der Waals surface area contributed by atoms with Crippen LogP contribution in [0.5, 0.6) is 0 Å². The number of carbonyl (C=O) groups is 1. The SMILES string of the molecule is N#Cc1cc(CBr)ccc1NC(=O)C(F)(F)F. The van der Waals surface area contributed by atoms with Crippen molar-refractivity contribution in [2.45, 2.75) is 11.5 Å². The molecule has 1 amide bonds. The number of benzene rings is 1. The number of alkyl halides is 4. The molecule has 0 saturated heterocycles. The molecule has 1 N–H and O–H groups in total. The van der Waals surface area contributed by atoms with Crippen molar-refractivity contribution in [1.29, 1.82) is 5.26 Å². The zero-order valence-electron chi connectivity index (χ0n) is 8.31. The van der Waals surface area contributed by atoms with E-state index >= 15 is 0 Å². The van der Waals surface area contributed by atoms with Crippen molar-refractivity contribution in [3.8, 4) is 6.07 Å². The molecule has 0 aliphatic heterocycles. The highest BCUT2D eigenvalue weighted by Crippen LogP contribution is 2.22. The van der Waals surface area contributed by atoms with Gasteiger partial charge in [-0.25, -0.2) is 0 Å². The summed E-state index contributed by atoms with van der Waals surface area (Å²) in [5.74, 6) is -2.10. The summed E-state index contributed by atoms with van der Waals surface area (Å²) in [7, 11) is 0. The summed E-state index contributed by atoms with van der Waals surface area (Å²) in [5.41, 5.74) is 0.561. The third-order valence-corrected chi connectivity index (χ3v) is 2.51. The first-order valence-electron chi connectivity index (χ1n) is 4.35. The lowest BCUT2D eigenvalue weighted by Crippen LogP contribution is -2.30. The second kappa shape index (κ2) is 5.19. The topological polar surface area (TPSA) is 52.9 Å². The number of carbonyl (C=O) groups excluding carboxylic acids is 1. The Bertz CT molecular complexity index is 479. The van der Waals surface area contributed by atoms with Crippen molar-refractivity contribution in [1.82, 2.24) is 0 Å². The van der Waals surface area contributed by atoms with Gasteiger partial charge in [-0.15, -0.1) is 0 Å². The molecule has 0 atom stereocenters. The molecule has 0 fully saturated rings. The van der Waals surface area contributed by atoms with E-state index < -0.39 is 12.1 Å². The van der Waals surface area contributed by atoms with Gasteiger partial charge in [0.2, 0.25) is 0 Å². The van der Waals surface area contributed by atoms with Crippen LogP contribution in [0.1, 0.15) is 11.1 Å². The summed E-state index contributed by atoms with van der Waals surface area (Å²) in [5, 5.41) is 10.9. The molecule has 1 rings (SSSR count). The van der Waals surface area contributed by atoms with E-state index in [4.69, 9.17) is 5.26 Å². The van der Waals surface area contributed by atoms with E-state index in [9.17, 15) is 18.0 Å². The number of rotatable bonds is 2. The Balaban J connectivity index is 3.01. The molecule has 0 unspecified atom stereocenters. The Morgan fingerprint density at radius 2 is 2.12 bits per heavy atom. The Labute approximate surface area is 103 Å². The van der Waals surface area contributed by atoms with Crippen LogP contribution in [0.2, 0.25) is 0 Å². The third kappa shape index (κ3) is 3.46. The maximum Gasteiger partial charge on any atom is 0.471 e. The summed E-state index contributed by atoms with van der Waals surface area (Å²) in [6.45, 7) is 0. The highest BCUT2D eigenvalue weighted by Gasteiger charge is 2.38. The van der Waals surface area contributed by atoms with Crippen LogP contribution in [-0.4, -0.2) is 12.1 Å². The van der Waals surface area contributed by atoms with Gasteiger partial charge in [0.05, 0.1) is 11.3 Å². The molecule has 0 radical (unpaired) electrons. The smallest absolute Gasteiger partial charge is 0.317 e. The summed E-state index contributed by atoms with van der Waals surface area (Å²) >= 11 is 3.15. The molecule has 0 bridgehead atoms. The van der Waals surface area contributed by atoms with Gasteiger partial charge in [0.15, 0.2) is 0 Å². The van der Waals surface area contributed by atoms with Crippen molar-refractivity contribution >= 4 is 27.5 Å². The maximum atomic E-state index is 12.0. The lowest BCUT2D eigenvalue weighted by molar-refractivity contribution is -0.167. The molecule has 1 aromatic rings. The minimum Gasteiger partial charge on any atom is -0.317 e. The molecule has 0 aliphatic carbocycles. The second-order valence-corrected chi connectivity index (χ2v) is 3.64. The van der Waals surface area contributed by atoms with E-state index in [2.05, 4.69) is 15.9 Å². The Morgan fingerprint density at radius 1 is 1.47 bits per heavy atom. The number of hydrogen-bond donors (Lipinski definition) is 1. The molecule has 0 spiro atoms. The van der Waals surface area contributed by atoms with E-state index in [-0.39, 0.29) is 11.3 Å². The number of halogens is 4. The molecule has 0 heterocycles. The van der Waals surface area contributed by atoms with Crippen LogP contribution >= 0.6 is 15.9 Å². The average molecular weight is 307 g/mol.